The van der Waals surface area contributed by atoms with Crippen molar-refractivity contribution in [3.8, 4) is 5.75 Å². The van der Waals surface area contributed by atoms with E-state index < -0.39 is 0 Å². The summed E-state index contributed by atoms with van der Waals surface area (Å²) in [6, 6.07) is 3.79. The molecular formula is C11H12N2O2. The van der Waals surface area contributed by atoms with Crippen molar-refractivity contribution in [2.24, 2.45) is 0 Å². The minimum atomic E-state index is -0.0858. The Kier molecular flexibility index (Phi) is 2.41. The van der Waals surface area contributed by atoms with Gasteiger partial charge in [-0.05, 0) is 24.1 Å². The van der Waals surface area contributed by atoms with Crippen LogP contribution in [-0.2, 0) is 6.42 Å². The summed E-state index contributed by atoms with van der Waals surface area (Å²) in [5.74, 6) is 0.662. The van der Waals surface area contributed by atoms with Crippen LogP contribution in [-0.4, -0.2) is 17.3 Å². The Bertz CT molecular complexity index is 546. The molecule has 2 rings (SSSR count). The summed E-state index contributed by atoms with van der Waals surface area (Å²) in [6.07, 6.45) is 2.15. The molecule has 0 bridgehead atoms. The van der Waals surface area contributed by atoms with E-state index >= 15 is 0 Å². The maximum Gasteiger partial charge on any atom is 0.208 e. The van der Waals surface area contributed by atoms with Crippen molar-refractivity contribution in [3.05, 3.63) is 34.1 Å². The lowest BCUT2D eigenvalue weighted by molar-refractivity contribution is 0.418. The first-order valence-corrected chi connectivity index (χ1v) is 4.80. The molecular weight excluding hydrogens is 192 g/mol. The molecule has 0 spiro atoms. The lowest BCUT2D eigenvalue weighted by Gasteiger charge is -2.06. The van der Waals surface area contributed by atoms with Crippen LogP contribution in [0.2, 0.25) is 0 Å². The summed E-state index contributed by atoms with van der Waals surface area (Å²) in [7, 11) is 1.58. The fourth-order valence-electron chi connectivity index (χ4n) is 1.57. The van der Waals surface area contributed by atoms with Gasteiger partial charge in [-0.1, -0.05) is 6.92 Å². The number of nitrogens with zero attached hydrogens (tertiary/aromatic N) is 1. The first-order chi connectivity index (χ1) is 7.26. The number of ether oxygens (including phenoxy) is 1. The Morgan fingerprint density at radius 3 is 2.93 bits per heavy atom. The summed E-state index contributed by atoms with van der Waals surface area (Å²) in [5, 5.41) is 7.17. The van der Waals surface area contributed by atoms with Crippen molar-refractivity contribution in [3.63, 3.8) is 0 Å². The fourth-order valence-corrected chi connectivity index (χ4v) is 1.57. The molecule has 0 radical (unpaired) electrons. The molecule has 1 aromatic carbocycles. The van der Waals surface area contributed by atoms with E-state index in [1.165, 1.54) is 6.20 Å². The number of rotatable bonds is 2. The lowest BCUT2D eigenvalue weighted by Crippen LogP contribution is -2.04. The average molecular weight is 204 g/mol. The zero-order valence-corrected chi connectivity index (χ0v) is 8.70. The van der Waals surface area contributed by atoms with Gasteiger partial charge < -0.3 is 4.74 Å². The van der Waals surface area contributed by atoms with Gasteiger partial charge in [0.15, 0.2) is 0 Å². The summed E-state index contributed by atoms with van der Waals surface area (Å²) >= 11 is 0. The molecule has 0 unspecified atom stereocenters. The van der Waals surface area contributed by atoms with Crippen molar-refractivity contribution in [2.45, 2.75) is 13.3 Å². The number of nitrogens with one attached hydrogen (secondary N) is 1. The normalized spacial score (nSPS) is 10.5. The number of aryl methyl sites for hydroxylation is 1. The van der Waals surface area contributed by atoms with Gasteiger partial charge in [0.1, 0.15) is 11.3 Å². The van der Waals surface area contributed by atoms with Crippen molar-refractivity contribution in [1.29, 1.82) is 0 Å². The highest BCUT2D eigenvalue weighted by molar-refractivity contribution is 5.84. The minimum absolute atomic E-state index is 0.0858. The van der Waals surface area contributed by atoms with Crippen LogP contribution in [0.1, 0.15) is 12.5 Å². The minimum Gasteiger partial charge on any atom is -0.494 e. The summed E-state index contributed by atoms with van der Waals surface area (Å²) < 4.78 is 5.21. The molecule has 0 amide bonds. The van der Waals surface area contributed by atoms with Crippen molar-refractivity contribution in [1.82, 2.24) is 10.2 Å². The van der Waals surface area contributed by atoms with Crippen LogP contribution in [0.3, 0.4) is 0 Å². The molecule has 0 aliphatic rings. The standard InChI is InChI=1S/C11H12N2O2/c1-3-7-4-8-9(14)6-12-13-11(8)10(5-7)15-2/h4-6H,3H2,1-2H3,(H,13,14). The van der Waals surface area contributed by atoms with Crippen LogP contribution in [0.5, 0.6) is 5.75 Å². The number of H-pyrrole nitrogens is 1. The predicted molar refractivity (Wildman–Crippen MR) is 58.3 cm³/mol. The van der Waals surface area contributed by atoms with Crippen molar-refractivity contribution >= 4 is 10.9 Å². The van der Waals surface area contributed by atoms with Gasteiger partial charge in [0.2, 0.25) is 5.43 Å². The molecule has 1 aromatic heterocycles. The summed E-state index contributed by atoms with van der Waals surface area (Å²) in [6.45, 7) is 2.04. The number of aromatic nitrogens is 2. The van der Waals surface area contributed by atoms with Crippen LogP contribution in [0.25, 0.3) is 10.9 Å². The van der Waals surface area contributed by atoms with Gasteiger partial charge in [0, 0.05) is 0 Å². The average Bonchev–Trinajstić information content (AvgIpc) is 2.28. The third kappa shape index (κ3) is 1.58. The monoisotopic (exact) mass is 204 g/mol. The number of fused-ring (bicyclic) bond motifs is 1. The molecule has 15 heavy (non-hydrogen) atoms. The predicted octanol–water partition coefficient (Wildman–Crippen LogP) is 1.49. The first-order valence-electron chi connectivity index (χ1n) is 4.80. The molecule has 0 aliphatic heterocycles. The third-order valence-corrected chi connectivity index (χ3v) is 2.41. The highest BCUT2D eigenvalue weighted by Crippen LogP contribution is 2.23. The highest BCUT2D eigenvalue weighted by atomic mass is 16.5. The molecule has 78 valence electrons. The Hall–Kier alpha value is -1.84. The van der Waals surface area contributed by atoms with Crippen molar-refractivity contribution in [2.75, 3.05) is 7.11 Å². The van der Waals surface area contributed by atoms with Crippen LogP contribution in [0, 0.1) is 0 Å². The second-order valence-electron chi connectivity index (χ2n) is 3.31. The van der Waals surface area contributed by atoms with Gasteiger partial charge in [-0.15, -0.1) is 0 Å². The highest BCUT2D eigenvalue weighted by Gasteiger charge is 2.06. The van der Waals surface area contributed by atoms with Gasteiger partial charge in [-0.2, -0.15) is 5.10 Å². The van der Waals surface area contributed by atoms with Crippen LogP contribution >= 0.6 is 0 Å². The molecule has 4 nitrogen and oxygen atoms in total. The van der Waals surface area contributed by atoms with Gasteiger partial charge in [-0.3, -0.25) is 9.89 Å². The van der Waals surface area contributed by atoms with E-state index in [9.17, 15) is 4.79 Å². The molecule has 0 fully saturated rings. The maximum absolute atomic E-state index is 11.6. The molecule has 0 atom stereocenters. The molecule has 0 saturated carbocycles. The number of benzene rings is 1. The van der Waals surface area contributed by atoms with Crippen LogP contribution in [0.4, 0.5) is 0 Å². The summed E-state index contributed by atoms with van der Waals surface area (Å²) in [4.78, 5) is 11.6. The SMILES string of the molecule is CCc1cc(OC)c2[nH]ncc(=O)c2c1. The second kappa shape index (κ2) is 3.73. The quantitative estimate of drug-likeness (QED) is 0.806. The molecule has 2 aromatic rings. The summed E-state index contributed by atoms with van der Waals surface area (Å²) in [5.41, 5.74) is 1.65. The van der Waals surface area contributed by atoms with Gasteiger partial charge in [0.05, 0.1) is 18.7 Å². The zero-order valence-electron chi connectivity index (χ0n) is 8.70. The largest absolute Gasteiger partial charge is 0.494 e. The van der Waals surface area contributed by atoms with E-state index in [1.807, 2.05) is 19.1 Å². The molecule has 0 aliphatic carbocycles. The van der Waals surface area contributed by atoms with Crippen LogP contribution < -0.4 is 10.2 Å². The van der Waals surface area contributed by atoms with Crippen molar-refractivity contribution < 1.29 is 4.74 Å². The lowest BCUT2D eigenvalue weighted by atomic mass is 10.1. The second-order valence-corrected chi connectivity index (χ2v) is 3.31. The maximum atomic E-state index is 11.6. The van der Waals surface area contributed by atoms with E-state index in [2.05, 4.69) is 10.2 Å². The number of hydrogen-bond acceptors (Lipinski definition) is 3. The Morgan fingerprint density at radius 2 is 2.27 bits per heavy atom. The van der Waals surface area contributed by atoms with E-state index in [1.54, 1.807) is 7.11 Å². The fraction of sp³-hybridized carbons (Fsp3) is 0.273. The van der Waals surface area contributed by atoms with E-state index in [4.69, 9.17) is 4.74 Å². The van der Waals surface area contributed by atoms with Gasteiger partial charge >= 0.3 is 0 Å². The topological polar surface area (TPSA) is 55.0 Å². The molecule has 4 heteroatoms. The number of hydrogen-bond donors (Lipinski definition) is 1. The molecule has 1 heterocycles. The van der Waals surface area contributed by atoms with Gasteiger partial charge in [-0.25, -0.2) is 0 Å². The van der Waals surface area contributed by atoms with E-state index in [-0.39, 0.29) is 5.43 Å². The Balaban J connectivity index is 2.87. The third-order valence-electron chi connectivity index (χ3n) is 2.41. The Labute approximate surface area is 86.9 Å². The molecule has 1 N–H and O–H groups in total. The smallest absolute Gasteiger partial charge is 0.208 e. The van der Waals surface area contributed by atoms with Crippen LogP contribution in [0.15, 0.2) is 23.1 Å². The zero-order chi connectivity index (χ0) is 10.8. The van der Waals surface area contributed by atoms with Gasteiger partial charge in [0.25, 0.3) is 0 Å². The number of methoxy groups -OCH3 is 1. The number of aromatic amines is 1. The molecule has 0 saturated heterocycles. The van der Waals surface area contributed by atoms with E-state index in [0.717, 1.165) is 12.0 Å². The van der Waals surface area contributed by atoms with E-state index in [0.29, 0.717) is 16.7 Å². The Morgan fingerprint density at radius 1 is 1.47 bits per heavy atom. The first kappa shape index (κ1) is 9.71.